The fraction of sp³-hybridized carbons (Fsp3) is 0.250. The molecule has 0 amide bonds. The Morgan fingerprint density at radius 2 is 1.65 bits per heavy atom. The van der Waals surface area contributed by atoms with Crippen LogP contribution in [0, 0.1) is 4.91 Å². The number of hydrogen-bond donors (Lipinski definition) is 0. The highest BCUT2D eigenvalue weighted by Crippen LogP contribution is 2.24. The fourth-order valence-corrected chi connectivity index (χ4v) is 1.97. The van der Waals surface area contributed by atoms with E-state index in [1.54, 1.807) is 7.05 Å². The third-order valence-corrected chi connectivity index (χ3v) is 3.05. The summed E-state index contributed by atoms with van der Waals surface area (Å²) in [4.78, 5) is 10.4. The second-order valence-corrected chi connectivity index (χ2v) is 4.58. The van der Waals surface area contributed by atoms with Gasteiger partial charge in [0.1, 0.15) is 11.9 Å². The topological polar surface area (TPSA) is 41.9 Å². The zero-order valence-corrected chi connectivity index (χ0v) is 11.5. The van der Waals surface area contributed by atoms with E-state index in [1.807, 2.05) is 60.7 Å². The first-order valence-corrected chi connectivity index (χ1v) is 6.60. The molecule has 0 aliphatic heterocycles. The molecule has 0 unspecified atom stereocenters. The first-order chi connectivity index (χ1) is 9.79. The maximum absolute atomic E-state index is 10.4. The van der Waals surface area contributed by atoms with Gasteiger partial charge in [-0.1, -0.05) is 48.5 Å². The molecule has 0 spiro atoms. The van der Waals surface area contributed by atoms with Gasteiger partial charge in [-0.25, -0.2) is 0 Å². The van der Waals surface area contributed by atoms with Crippen molar-refractivity contribution in [3.8, 4) is 5.75 Å². The van der Waals surface area contributed by atoms with Crippen molar-refractivity contribution in [1.29, 1.82) is 0 Å². The molecule has 0 saturated carbocycles. The minimum Gasteiger partial charge on any atom is -0.486 e. The molecule has 0 bridgehead atoms. The average molecular weight is 270 g/mol. The van der Waals surface area contributed by atoms with Gasteiger partial charge in [0.05, 0.1) is 5.29 Å². The number of benzene rings is 2. The van der Waals surface area contributed by atoms with Crippen LogP contribution in [0.15, 0.2) is 65.9 Å². The van der Waals surface area contributed by atoms with Crippen LogP contribution in [0.2, 0.25) is 0 Å². The monoisotopic (exact) mass is 270 g/mol. The van der Waals surface area contributed by atoms with Gasteiger partial charge in [-0.15, -0.1) is 4.91 Å². The van der Waals surface area contributed by atoms with Gasteiger partial charge in [0, 0.05) is 20.0 Å². The molecule has 2 aromatic rings. The van der Waals surface area contributed by atoms with Gasteiger partial charge in [0.15, 0.2) is 0 Å². The van der Waals surface area contributed by atoms with Crippen molar-refractivity contribution in [2.24, 2.45) is 5.29 Å². The van der Waals surface area contributed by atoms with Gasteiger partial charge in [0.2, 0.25) is 0 Å². The summed E-state index contributed by atoms with van der Waals surface area (Å²) in [6.07, 6.45) is 0.601. The minimum atomic E-state index is -0.0946. The Balaban J connectivity index is 2.10. The predicted molar refractivity (Wildman–Crippen MR) is 79.3 cm³/mol. The van der Waals surface area contributed by atoms with Gasteiger partial charge in [-0.2, -0.15) is 0 Å². The van der Waals surface area contributed by atoms with Crippen molar-refractivity contribution in [1.82, 2.24) is 5.01 Å². The molecule has 0 aromatic heterocycles. The van der Waals surface area contributed by atoms with Crippen LogP contribution in [0.4, 0.5) is 0 Å². The molecule has 4 nitrogen and oxygen atoms in total. The normalized spacial score (nSPS) is 11.7. The number of rotatable bonds is 7. The molecule has 0 aliphatic carbocycles. The van der Waals surface area contributed by atoms with Crippen LogP contribution < -0.4 is 4.74 Å². The Morgan fingerprint density at radius 3 is 2.25 bits per heavy atom. The van der Waals surface area contributed by atoms with Gasteiger partial charge in [-0.05, 0) is 17.7 Å². The van der Waals surface area contributed by atoms with Crippen molar-refractivity contribution >= 4 is 0 Å². The largest absolute Gasteiger partial charge is 0.486 e. The average Bonchev–Trinajstić information content (AvgIpc) is 2.53. The molecule has 4 heteroatoms. The fourth-order valence-electron chi connectivity index (χ4n) is 1.97. The number of para-hydroxylation sites is 1. The van der Waals surface area contributed by atoms with Crippen molar-refractivity contribution in [2.75, 3.05) is 13.6 Å². The Labute approximate surface area is 118 Å². The Kier molecular flexibility index (Phi) is 5.12. The highest BCUT2D eigenvalue weighted by atomic mass is 16.5. The van der Waals surface area contributed by atoms with E-state index < -0.39 is 0 Å². The van der Waals surface area contributed by atoms with Crippen molar-refractivity contribution in [2.45, 2.75) is 12.5 Å². The predicted octanol–water partition coefficient (Wildman–Crippen LogP) is 3.81. The van der Waals surface area contributed by atoms with Crippen LogP contribution in [0.25, 0.3) is 0 Å². The smallest absolute Gasteiger partial charge is 0.125 e. The third kappa shape index (κ3) is 4.09. The van der Waals surface area contributed by atoms with Crippen LogP contribution in [0.1, 0.15) is 18.1 Å². The Bertz CT molecular complexity index is 517. The van der Waals surface area contributed by atoms with Crippen LogP contribution in [-0.2, 0) is 0 Å². The minimum absolute atomic E-state index is 0.0946. The van der Waals surface area contributed by atoms with Gasteiger partial charge < -0.3 is 4.74 Å². The zero-order chi connectivity index (χ0) is 14.2. The first-order valence-electron chi connectivity index (χ1n) is 6.60. The summed E-state index contributed by atoms with van der Waals surface area (Å²) < 4.78 is 6.03. The van der Waals surface area contributed by atoms with E-state index in [-0.39, 0.29) is 6.10 Å². The first kappa shape index (κ1) is 14.1. The highest BCUT2D eigenvalue weighted by molar-refractivity contribution is 5.24. The Morgan fingerprint density at radius 1 is 1.05 bits per heavy atom. The molecule has 0 N–H and O–H groups in total. The summed E-state index contributed by atoms with van der Waals surface area (Å²) in [5.41, 5.74) is 1.09. The molecule has 104 valence electrons. The lowest BCUT2D eigenvalue weighted by Crippen LogP contribution is -2.17. The van der Waals surface area contributed by atoms with Crippen LogP contribution in [0.5, 0.6) is 5.75 Å². The molecule has 0 radical (unpaired) electrons. The quantitative estimate of drug-likeness (QED) is 0.567. The van der Waals surface area contributed by atoms with E-state index in [4.69, 9.17) is 4.74 Å². The lowest BCUT2D eigenvalue weighted by atomic mass is 10.1. The number of nitroso groups, excluding NO2 is 1. The van der Waals surface area contributed by atoms with Crippen molar-refractivity contribution in [3.05, 3.63) is 71.1 Å². The van der Waals surface area contributed by atoms with E-state index in [1.165, 1.54) is 5.01 Å². The second kappa shape index (κ2) is 7.28. The molecule has 2 aromatic carbocycles. The zero-order valence-electron chi connectivity index (χ0n) is 11.5. The second-order valence-electron chi connectivity index (χ2n) is 4.58. The molecule has 0 aliphatic rings. The number of nitrogens with zero attached hydrogens (tertiary/aromatic N) is 2. The number of ether oxygens (including phenoxy) is 1. The number of hydrogen-bond acceptors (Lipinski definition) is 3. The van der Waals surface area contributed by atoms with Gasteiger partial charge >= 0.3 is 0 Å². The summed E-state index contributed by atoms with van der Waals surface area (Å²) in [6.45, 7) is 0.551. The van der Waals surface area contributed by atoms with E-state index >= 15 is 0 Å². The van der Waals surface area contributed by atoms with E-state index in [0.717, 1.165) is 11.3 Å². The van der Waals surface area contributed by atoms with E-state index in [9.17, 15) is 4.91 Å². The van der Waals surface area contributed by atoms with Crippen LogP contribution in [-0.4, -0.2) is 18.6 Å². The summed E-state index contributed by atoms with van der Waals surface area (Å²) >= 11 is 0. The molecule has 2 rings (SSSR count). The highest BCUT2D eigenvalue weighted by Gasteiger charge is 2.14. The lowest BCUT2D eigenvalue weighted by molar-refractivity contribution is 0.174. The standard InChI is InChI=1S/C16H18N2O2/c1-18(17-19)13-12-16(14-8-4-2-5-9-14)20-15-10-6-3-7-11-15/h2-11,16H,12-13H2,1H3/t16-/m1/s1. The Hall–Kier alpha value is -2.36. The molecular formula is C16H18N2O2. The van der Waals surface area contributed by atoms with E-state index in [0.29, 0.717) is 13.0 Å². The van der Waals surface area contributed by atoms with Crippen LogP contribution in [0.3, 0.4) is 0 Å². The molecule has 1 atom stereocenters. The molecular weight excluding hydrogens is 252 g/mol. The maximum atomic E-state index is 10.4. The van der Waals surface area contributed by atoms with Crippen LogP contribution >= 0.6 is 0 Å². The molecule has 0 fully saturated rings. The van der Waals surface area contributed by atoms with Gasteiger partial charge in [0.25, 0.3) is 0 Å². The summed E-state index contributed by atoms with van der Waals surface area (Å²) in [6, 6.07) is 19.7. The summed E-state index contributed by atoms with van der Waals surface area (Å²) in [7, 11) is 1.66. The summed E-state index contributed by atoms with van der Waals surface area (Å²) in [5, 5.41) is 4.27. The van der Waals surface area contributed by atoms with E-state index in [2.05, 4.69) is 5.29 Å². The van der Waals surface area contributed by atoms with Gasteiger partial charge in [-0.3, -0.25) is 5.01 Å². The van der Waals surface area contributed by atoms with Crippen molar-refractivity contribution < 1.29 is 4.74 Å². The van der Waals surface area contributed by atoms with Crippen molar-refractivity contribution in [3.63, 3.8) is 0 Å². The molecule has 0 heterocycles. The SMILES string of the molecule is CN(CC[C@@H](Oc1ccccc1)c1ccccc1)N=O. The maximum Gasteiger partial charge on any atom is 0.125 e. The molecule has 0 saturated heterocycles. The molecule has 20 heavy (non-hydrogen) atoms. The third-order valence-electron chi connectivity index (χ3n) is 3.05. The summed E-state index contributed by atoms with van der Waals surface area (Å²) in [5.74, 6) is 0.822. The lowest BCUT2D eigenvalue weighted by Gasteiger charge is -2.21.